The maximum atomic E-state index is 12.3. The van der Waals surface area contributed by atoms with E-state index in [1.165, 1.54) is 12.1 Å². The van der Waals surface area contributed by atoms with Gasteiger partial charge >= 0.3 is 23.9 Å². The van der Waals surface area contributed by atoms with Crippen LogP contribution in [0.4, 0.5) is 0 Å². The first-order valence-electron chi connectivity index (χ1n) is 14.8. The fraction of sp³-hybridized carbons (Fsp3) is 0. The zero-order chi connectivity index (χ0) is 35.9. The summed E-state index contributed by atoms with van der Waals surface area (Å²) in [4.78, 5) is 47.3. The highest BCUT2D eigenvalue weighted by molar-refractivity contribution is 5.86. The average molecular weight is 661 g/mol. The number of carbonyl (C=O) groups is 4. The van der Waals surface area contributed by atoms with Gasteiger partial charge in [0, 0.05) is 41.0 Å². The molecule has 8 nitrogen and oxygen atoms in total. The van der Waals surface area contributed by atoms with Crippen LogP contribution in [-0.4, -0.2) is 23.9 Å². The van der Waals surface area contributed by atoms with Crippen molar-refractivity contribution in [2.24, 2.45) is 0 Å². The Morgan fingerprint density at radius 2 is 0.780 bits per heavy atom. The highest BCUT2D eigenvalue weighted by Gasteiger charge is 2.16. The summed E-state index contributed by atoms with van der Waals surface area (Å²) in [6.45, 7) is 13.6. The second-order valence-electron chi connectivity index (χ2n) is 9.90. The molecule has 0 radical (unpaired) electrons. The largest absolute Gasteiger partial charge is 0.423 e. The normalized spacial score (nSPS) is 9.84. The van der Waals surface area contributed by atoms with E-state index < -0.39 is 23.9 Å². The summed E-state index contributed by atoms with van der Waals surface area (Å²) in [6, 6.07) is 23.8. The van der Waals surface area contributed by atoms with Gasteiger partial charge in [0.15, 0.2) is 11.5 Å². The third-order valence-electron chi connectivity index (χ3n) is 6.39. The molecule has 0 saturated carbocycles. The van der Waals surface area contributed by atoms with E-state index in [1.807, 2.05) is 48.6 Å². The molecule has 0 aliphatic rings. The molecule has 0 spiro atoms. The van der Waals surface area contributed by atoms with E-state index in [9.17, 15) is 19.2 Å². The molecule has 0 N–H and O–H groups in total. The Labute approximate surface area is 289 Å². The van der Waals surface area contributed by atoms with Gasteiger partial charge in [0.25, 0.3) is 0 Å². The molecule has 0 aliphatic heterocycles. The Bertz CT molecular complexity index is 2090. The number of hydrogen-bond donors (Lipinski definition) is 0. The van der Waals surface area contributed by atoms with Crippen molar-refractivity contribution < 1.29 is 38.1 Å². The van der Waals surface area contributed by atoms with Crippen LogP contribution in [-0.2, 0) is 19.2 Å². The molecule has 4 aromatic rings. The summed E-state index contributed by atoms with van der Waals surface area (Å²) in [5.41, 5.74) is 3.52. The van der Waals surface area contributed by atoms with E-state index in [4.69, 9.17) is 18.9 Å². The maximum absolute atomic E-state index is 12.3. The van der Waals surface area contributed by atoms with Gasteiger partial charge < -0.3 is 18.9 Å². The molecule has 0 atom stereocenters. The van der Waals surface area contributed by atoms with Crippen LogP contribution in [0.2, 0.25) is 0 Å². The van der Waals surface area contributed by atoms with Gasteiger partial charge in [-0.3, -0.25) is 0 Å². The Morgan fingerprint density at radius 3 is 1.22 bits per heavy atom. The van der Waals surface area contributed by atoms with Gasteiger partial charge in [-0.1, -0.05) is 86.4 Å². The number of benzene rings is 4. The number of ether oxygens (including phenoxy) is 4. The molecular weight excluding hydrogens is 632 g/mol. The quantitative estimate of drug-likeness (QED) is 0.0588. The average Bonchev–Trinajstić information content (AvgIpc) is 3.14. The molecule has 0 amide bonds. The first kappa shape index (κ1) is 35.4. The van der Waals surface area contributed by atoms with Gasteiger partial charge in [0.2, 0.25) is 0 Å². The van der Waals surface area contributed by atoms with E-state index in [0.717, 1.165) is 35.4 Å². The number of carbonyl (C=O) groups excluding carboxylic acids is 4. The standard InChI is InChI=1S/C42H28O8/c1-5-39(43)47-34-22-17-31(18-23-34)14-13-29-9-11-30(12-10-29)15-16-33-27-37(49-41(45)7-3)36(38(28-33)50-42(46)8-4)26-21-32-19-24-35(25-20-32)48-40(44)6-2/h5-14,17-20,22-25,27-28H,1-4H2/b14-13+. The molecule has 4 rings (SSSR count). The second-order valence-corrected chi connectivity index (χ2v) is 9.90. The third kappa shape index (κ3) is 10.6. The SMILES string of the molecule is C=CC(=O)Oc1ccc(C#Cc2c(OC(=O)C=C)cc(C#Cc3ccc(/C=C/c4ccc(OC(=O)C=C)cc4)cc3)cc2OC(=O)C=C)cc1. The van der Waals surface area contributed by atoms with Crippen LogP contribution in [0.15, 0.2) is 136 Å². The molecule has 0 heterocycles. The fourth-order valence-corrected chi connectivity index (χ4v) is 3.96. The van der Waals surface area contributed by atoms with Crippen molar-refractivity contribution in [3.63, 3.8) is 0 Å². The summed E-state index contributed by atoms with van der Waals surface area (Å²) in [7, 11) is 0. The minimum absolute atomic E-state index is 0.00928. The third-order valence-corrected chi connectivity index (χ3v) is 6.39. The molecule has 244 valence electrons. The Morgan fingerprint density at radius 1 is 0.440 bits per heavy atom. The Hall–Kier alpha value is -7.42. The second kappa shape index (κ2) is 17.5. The molecule has 0 aromatic heterocycles. The predicted octanol–water partition coefficient (Wildman–Crippen LogP) is 7.02. The minimum atomic E-state index is -0.761. The van der Waals surface area contributed by atoms with Gasteiger partial charge in [0.05, 0.1) is 0 Å². The molecule has 0 fully saturated rings. The van der Waals surface area contributed by atoms with E-state index in [-0.39, 0.29) is 17.1 Å². The molecular formula is C42H28O8. The molecule has 4 aromatic carbocycles. The van der Waals surface area contributed by atoms with Crippen molar-refractivity contribution >= 4 is 36.0 Å². The van der Waals surface area contributed by atoms with E-state index in [1.54, 1.807) is 36.4 Å². The lowest BCUT2D eigenvalue weighted by Gasteiger charge is -2.11. The summed E-state index contributed by atoms with van der Waals surface area (Å²) in [5.74, 6) is 9.94. The highest BCUT2D eigenvalue weighted by atomic mass is 16.6. The van der Waals surface area contributed by atoms with Crippen molar-refractivity contribution in [1.29, 1.82) is 0 Å². The summed E-state index contributed by atoms with van der Waals surface area (Å²) < 4.78 is 21.1. The van der Waals surface area contributed by atoms with Gasteiger partial charge in [-0.05, 0) is 71.8 Å². The Balaban J connectivity index is 1.61. The van der Waals surface area contributed by atoms with Crippen LogP contribution < -0.4 is 18.9 Å². The topological polar surface area (TPSA) is 105 Å². The van der Waals surface area contributed by atoms with Gasteiger partial charge in [-0.25, -0.2) is 19.2 Å². The van der Waals surface area contributed by atoms with Crippen molar-refractivity contribution in [2.75, 3.05) is 0 Å². The predicted molar refractivity (Wildman–Crippen MR) is 190 cm³/mol. The van der Waals surface area contributed by atoms with Crippen LogP contribution >= 0.6 is 0 Å². The number of esters is 4. The first-order valence-corrected chi connectivity index (χ1v) is 14.8. The molecule has 0 bridgehead atoms. The van der Waals surface area contributed by atoms with E-state index in [0.29, 0.717) is 28.2 Å². The lowest BCUT2D eigenvalue weighted by atomic mass is 10.1. The smallest absolute Gasteiger partial charge is 0.335 e. The summed E-state index contributed by atoms with van der Waals surface area (Å²) >= 11 is 0. The van der Waals surface area contributed by atoms with Crippen LogP contribution in [0.3, 0.4) is 0 Å². The zero-order valence-electron chi connectivity index (χ0n) is 26.6. The maximum Gasteiger partial charge on any atom is 0.335 e. The molecule has 8 heteroatoms. The van der Waals surface area contributed by atoms with Gasteiger partial charge in [-0.2, -0.15) is 0 Å². The van der Waals surface area contributed by atoms with Crippen molar-refractivity contribution in [1.82, 2.24) is 0 Å². The van der Waals surface area contributed by atoms with Crippen molar-refractivity contribution in [3.05, 3.63) is 169 Å². The minimum Gasteiger partial charge on any atom is -0.423 e. The monoisotopic (exact) mass is 660 g/mol. The van der Waals surface area contributed by atoms with Gasteiger partial charge in [0.1, 0.15) is 17.1 Å². The van der Waals surface area contributed by atoms with E-state index >= 15 is 0 Å². The zero-order valence-corrected chi connectivity index (χ0v) is 26.6. The van der Waals surface area contributed by atoms with Gasteiger partial charge in [-0.15, -0.1) is 0 Å². The lowest BCUT2D eigenvalue weighted by molar-refractivity contribution is -0.130. The fourth-order valence-electron chi connectivity index (χ4n) is 3.96. The molecule has 0 saturated heterocycles. The van der Waals surface area contributed by atoms with Crippen LogP contribution in [0.1, 0.15) is 33.4 Å². The molecule has 50 heavy (non-hydrogen) atoms. The Kier molecular flexibility index (Phi) is 12.4. The lowest BCUT2D eigenvalue weighted by Crippen LogP contribution is -2.09. The summed E-state index contributed by atoms with van der Waals surface area (Å²) in [6.07, 6.45) is 7.96. The number of rotatable bonds is 10. The summed E-state index contributed by atoms with van der Waals surface area (Å²) in [5, 5.41) is 0. The van der Waals surface area contributed by atoms with Crippen LogP contribution in [0.25, 0.3) is 12.2 Å². The first-order chi connectivity index (χ1) is 24.2. The highest BCUT2D eigenvalue weighted by Crippen LogP contribution is 2.31. The van der Waals surface area contributed by atoms with Crippen molar-refractivity contribution in [3.8, 4) is 46.7 Å². The van der Waals surface area contributed by atoms with E-state index in [2.05, 4.69) is 50.0 Å². The molecule has 0 aliphatic carbocycles. The van der Waals surface area contributed by atoms with Crippen molar-refractivity contribution in [2.45, 2.75) is 0 Å². The van der Waals surface area contributed by atoms with Crippen LogP contribution in [0, 0.1) is 23.7 Å². The van der Waals surface area contributed by atoms with Crippen LogP contribution in [0.5, 0.6) is 23.0 Å². The number of hydrogen-bond acceptors (Lipinski definition) is 8. The molecule has 0 unspecified atom stereocenters.